The molecular weight excluding hydrogens is 255 g/mol. The van der Waals surface area contributed by atoms with Crippen molar-refractivity contribution in [2.24, 2.45) is 11.1 Å². The number of carbonyl (C=O) groups is 1. The number of esters is 1. The molecule has 1 aromatic carbocycles. The Morgan fingerprint density at radius 2 is 2.11 bits per heavy atom. The van der Waals surface area contributed by atoms with Gasteiger partial charge >= 0.3 is 5.97 Å². The third-order valence-corrected chi connectivity index (χ3v) is 3.01. The first kappa shape index (κ1) is 15.0. The number of hydrogen-bond acceptors (Lipinski definition) is 5. The van der Waals surface area contributed by atoms with Crippen LogP contribution in [0.2, 0.25) is 0 Å². The molecule has 104 valence electrons. The molecule has 0 unspecified atom stereocenters. The van der Waals surface area contributed by atoms with Crippen LogP contribution in [-0.4, -0.2) is 18.0 Å². The third-order valence-electron chi connectivity index (χ3n) is 3.01. The highest BCUT2D eigenvalue weighted by molar-refractivity contribution is 5.77. The number of nitrogens with zero attached hydrogens (tertiary/aromatic N) is 1. The van der Waals surface area contributed by atoms with Crippen molar-refractivity contribution in [3.63, 3.8) is 0 Å². The molecule has 0 amide bonds. The van der Waals surface area contributed by atoms with Gasteiger partial charge in [0, 0.05) is 5.56 Å². The molecular formula is C12H15FN2O4. The normalized spacial score (nSPS) is 12.9. The molecule has 0 aliphatic rings. The van der Waals surface area contributed by atoms with E-state index in [0.717, 1.165) is 12.1 Å². The molecule has 1 atom stereocenters. The number of ether oxygens (including phenoxy) is 1. The Bertz CT molecular complexity index is 516. The second-order valence-electron chi connectivity index (χ2n) is 4.65. The first-order chi connectivity index (χ1) is 8.71. The zero-order chi connectivity index (χ0) is 14.8. The number of nitrogens with two attached hydrogens (primary N) is 1. The summed E-state index contributed by atoms with van der Waals surface area (Å²) >= 11 is 0. The van der Waals surface area contributed by atoms with E-state index in [-0.39, 0.29) is 5.56 Å². The van der Waals surface area contributed by atoms with Crippen molar-refractivity contribution in [2.75, 3.05) is 7.11 Å². The number of halogens is 1. The van der Waals surface area contributed by atoms with E-state index in [1.54, 1.807) is 0 Å². The van der Waals surface area contributed by atoms with Gasteiger partial charge in [0.05, 0.1) is 29.6 Å². The summed E-state index contributed by atoms with van der Waals surface area (Å²) in [5.74, 6) is -1.34. The summed E-state index contributed by atoms with van der Waals surface area (Å²) in [6.45, 7) is 3.02. The van der Waals surface area contributed by atoms with Crippen LogP contribution in [0, 0.1) is 21.3 Å². The Kier molecular flexibility index (Phi) is 4.21. The lowest BCUT2D eigenvalue weighted by atomic mass is 9.80. The number of hydrogen-bond donors (Lipinski definition) is 1. The summed E-state index contributed by atoms with van der Waals surface area (Å²) in [5.41, 5.74) is 4.37. The van der Waals surface area contributed by atoms with E-state index in [1.165, 1.54) is 27.0 Å². The van der Waals surface area contributed by atoms with Gasteiger partial charge in [0.15, 0.2) is 0 Å². The average molecular weight is 270 g/mol. The van der Waals surface area contributed by atoms with Crippen LogP contribution in [0.15, 0.2) is 18.2 Å². The number of carbonyl (C=O) groups excluding carboxylic acids is 1. The Balaban J connectivity index is 3.30. The van der Waals surface area contributed by atoms with E-state index in [9.17, 15) is 19.3 Å². The summed E-state index contributed by atoms with van der Waals surface area (Å²) in [5, 5.41) is 10.9. The lowest BCUT2D eigenvalue weighted by Gasteiger charge is -2.28. The predicted molar refractivity (Wildman–Crippen MR) is 65.8 cm³/mol. The SMILES string of the molecule is COC(=O)C(C)(C)[C@@H](N)c1ccc(F)cc1[N+](=O)[O-]. The number of rotatable bonds is 4. The van der Waals surface area contributed by atoms with Gasteiger partial charge in [-0.25, -0.2) is 4.39 Å². The fraction of sp³-hybridized carbons (Fsp3) is 0.417. The molecule has 0 spiro atoms. The molecule has 0 fully saturated rings. The van der Waals surface area contributed by atoms with Crippen LogP contribution in [0.1, 0.15) is 25.5 Å². The summed E-state index contributed by atoms with van der Waals surface area (Å²) < 4.78 is 17.7. The van der Waals surface area contributed by atoms with Crippen molar-refractivity contribution in [3.8, 4) is 0 Å². The van der Waals surface area contributed by atoms with Gasteiger partial charge in [-0.1, -0.05) is 0 Å². The minimum absolute atomic E-state index is 0.0850. The second-order valence-corrected chi connectivity index (χ2v) is 4.65. The van der Waals surface area contributed by atoms with Crippen LogP contribution >= 0.6 is 0 Å². The van der Waals surface area contributed by atoms with Crippen molar-refractivity contribution >= 4 is 11.7 Å². The molecule has 1 aromatic rings. The molecule has 0 saturated heterocycles. The fourth-order valence-electron chi connectivity index (χ4n) is 1.72. The molecule has 1 rings (SSSR count). The molecule has 6 nitrogen and oxygen atoms in total. The molecule has 0 aliphatic heterocycles. The van der Waals surface area contributed by atoms with Crippen LogP contribution in [0.3, 0.4) is 0 Å². The maximum atomic E-state index is 13.1. The summed E-state index contributed by atoms with van der Waals surface area (Å²) in [4.78, 5) is 21.8. The number of nitro benzene ring substituents is 1. The maximum Gasteiger partial charge on any atom is 0.313 e. The number of nitro groups is 1. The first-order valence-electron chi connectivity index (χ1n) is 5.49. The molecule has 0 aliphatic carbocycles. The van der Waals surface area contributed by atoms with Crippen LogP contribution in [0.5, 0.6) is 0 Å². The van der Waals surface area contributed by atoms with E-state index >= 15 is 0 Å². The molecule has 0 heterocycles. The average Bonchev–Trinajstić information content (AvgIpc) is 2.36. The molecule has 0 radical (unpaired) electrons. The van der Waals surface area contributed by atoms with Gasteiger partial charge in [-0.15, -0.1) is 0 Å². The van der Waals surface area contributed by atoms with Crippen LogP contribution in [0.25, 0.3) is 0 Å². The Morgan fingerprint density at radius 3 is 2.58 bits per heavy atom. The zero-order valence-corrected chi connectivity index (χ0v) is 10.8. The summed E-state index contributed by atoms with van der Waals surface area (Å²) in [6, 6.07) is 2.07. The van der Waals surface area contributed by atoms with Crippen molar-refractivity contribution in [1.29, 1.82) is 0 Å². The predicted octanol–water partition coefficient (Wildman–Crippen LogP) is 1.93. The molecule has 0 aromatic heterocycles. The zero-order valence-electron chi connectivity index (χ0n) is 10.8. The minimum Gasteiger partial charge on any atom is -0.469 e. The highest BCUT2D eigenvalue weighted by Gasteiger charge is 2.39. The van der Waals surface area contributed by atoms with Crippen LogP contribution in [0.4, 0.5) is 10.1 Å². The topological polar surface area (TPSA) is 95.5 Å². The van der Waals surface area contributed by atoms with Gasteiger partial charge in [0.1, 0.15) is 5.82 Å². The van der Waals surface area contributed by atoms with Crippen molar-refractivity contribution < 1.29 is 18.8 Å². The standard InChI is InChI=1S/C12H15FN2O4/c1-12(2,11(16)19-3)10(14)8-5-4-7(13)6-9(8)15(17)18/h4-6,10H,14H2,1-3H3/t10-/m0/s1. The Hall–Kier alpha value is -2.02. The second kappa shape index (κ2) is 5.31. The van der Waals surface area contributed by atoms with Crippen molar-refractivity contribution in [1.82, 2.24) is 0 Å². The Labute approximate surface area is 109 Å². The van der Waals surface area contributed by atoms with Gasteiger partial charge in [-0.2, -0.15) is 0 Å². The van der Waals surface area contributed by atoms with E-state index < -0.39 is 33.9 Å². The molecule has 0 saturated carbocycles. The van der Waals surface area contributed by atoms with Gasteiger partial charge in [0.2, 0.25) is 0 Å². The number of methoxy groups -OCH3 is 1. The van der Waals surface area contributed by atoms with Crippen LogP contribution in [-0.2, 0) is 9.53 Å². The van der Waals surface area contributed by atoms with Crippen molar-refractivity contribution in [3.05, 3.63) is 39.7 Å². The van der Waals surface area contributed by atoms with Gasteiger partial charge in [-0.05, 0) is 26.0 Å². The number of benzene rings is 1. The van der Waals surface area contributed by atoms with Gasteiger partial charge in [-0.3, -0.25) is 14.9 Å². The molecule has 0 bridgehead atoms. The highest BCUT2D eigenvalue weighted by atomic mass is 19.1. The summed E-state index contributed by atoms with van der Waals surface area (Å²) in [7, 11) is 1.20. The van der Waals surface area contributed by atoms with E-state index in [2.05, 4.69) is 4.74 Å². The quantitative estimate of drug-likeness (QED) is 0.512. The van der Waals surface area contributed by atoms with E-state index in [0.29, 0.717) is 0 Å². The molecule has 2 N–H and O–H groups in total. The van der Waals surface area contributed by atoms with Gasteiger partial charge < -0.3 is 10.5 Å². The Morgan fingerprint density at radius 1 is 1.53 bits per heavy atom. The van der Waals surface area contributed by atoms with Gasteiger partial charge in [0.25, 0.3) is 5.69 Å². The van der Waals surface area contributed by atoms with E-state index in [4.69, 9.17) is 5.73 Å². The third kappa shape index (κ3) is 2.87. The highest BCUT2D eigenvalue weighted by Crippen LogP contribution is 2.37. The molecule has 19 heavy (non-hydrogen) atoms. The lowest BCUT2D eigenvalue weighted by molar-refractivity contribution is -0.386. The monoisotopic (exact) mass is 270 g/mol. The fourth-order valence-corrected chi connectivity index (χ4v) is 1.72. The smallest absolute Gasteiger partial charge is 0.313 e. The van der Waals surface area contributed by atoms with Crippen LogP contribution < -0.4 is 5.73 Å². The first-order valence-corrected chi connectivity index (χ1v) is 5.49. The summed E-state index contributed by atoms with van der Waals surface area (Å²) in [6.07, 6.45) is 0. The van der Waals surface area contributed by atoms with E-state index in [1.807, 2.05) is 0 Å². The maximum absolute atomic E-state index is 13.1. The molecule has 7 heteroatoms. The lowest BCUT2D eigenvalue weighted by Crippen LogP contribution is -2.37. The van der Waals surface area contributed by atoms with Crippen molar-refractivity contribution in [2.45, 2.75) is 19.9 Å². The largest absolute Gasteiger partial charge is 0.469 e. The minimum atomic E-state index is -1.17.